The van der Waals surface area contributed by atoms with Gasteiger partial charge in [-0.15, -0.1) is 0 Å². The molecule has 9 nitrogen and oxygen atoms in total. The molecule has 1 aliphatic heterocycles. The van der Waals surface area contributed by atoms with E-state index in [1.165, 1.54) is 0 Å². The maximum Gasteiger partial charge on any atom is 0.328 e. The number of carboxylic acids is 2. The van der Waals surface area contributed by atoms with Crippen LogP contribution in [0.2, 0.25) is 0 Å². The molecule has 0 radical (unpaired) electrons. The molecule has 3 N–H and O–H groups in total. The van der Waals surface area contributed by atoms with Crippen molar-refractivity contribution in [2.45, 2.75) is 6.92 Å². The van der Waals surface area contributed by atoms with E-state index < -0.39 is 11.9 Å². The quantitative estimate of drug-likeness (QED) is 0.570. The van der Waals surface area contributed by atoms with Gasteiger partial charge in [0.15, 0.2) is 0 Å². The Morgan fingerprint density at radius 2 is 1.64 bits per heavy atom. The van der Waals surface area contributed by atoms with Gasteiger partial charge in [0.25, 0.3) is 5.91 Å². The molecule has 2 aromatic carbocycles. The number of carbonyl (C=O) groups is 3. The summed E-state index contributed by atoms with van der Waals surface area (Å²) in [7, 11) is 0. The number of nitriles is 1. The Hall–Kier alpha value is -4.16. The van der Waals surface area contributed by atoms with Gasteiger partial charge >= 0.3 is 11.9 Å². The standard InChI is InChI=1S/C20H22N4O.C4H4O4/c1-16-5-4-7-17(13-16)20(25)22-15-23-9-11-24(12-10-23)19-8-3-2-6-18(19)14-21;5-3(6)1-2-4(7)8/h2-8,13H,9-12,15H2,1H3,(H,22,25);1-2H,(H,5,6)(H,7,8)/b;2-1+. The molecular formula is C24H26N4O5. The van der Waals surface area contributed by atoms with Gasteiger partial charge in [-0.25, -0.2) is 9.59 Å². The minimum absolute atomic E-state index is 0.0408. The number of rotatable bonds is 6. The number of benzene rings is 2. The van der Waals surface area contributed by atoms with Gasteiger partial charge in [0, 0.05) is 43.9 Å². The van der Waals surface area contributed by atoms with Crippen LogP contribution in [0.3, 0.4) is 0 Å². The summed E-state index contributed by atoms with van der Waals surface area (Å²) >= 11 is 0. The Kier molecular flexibility index (Phi) is 9.61. The van der Waals surface area contributed by atoms with Crippen molar-refractivity contribution in [2.75, 3.05) is 37.7 Å². The van der Waals surface area contributed by atoms with Crippen LogP contribution >= 0.6 is 0 Å². The molecule has 9 heteroatoms. The van der Waals surface area contributed by atoms with Gasteiger partial charge in [-0.05, 0) is 31.2 Å². The normalized spacial score (nSPS) is 13.5. The lowest BCUT2D eigenvalue weighted by atomic mass is 10.1. The third kappa shape index (κ3) is 8.47. The molecule has 1 saturated heterocycles. The fraction of sp³-hybridized carbons (Fsp3) is 0.250. The van der Waals surface area contributed by atoms with E-state index in [4.69, 9.17) is 10.2 Å². The van der Waals surface area contributed by atoms with Gasteiger partial charge in [0.2, 0.25) is 0 Å². The van der Waals surface area contributed by atoms with E-state index in [2.05, 4.69) is 21.2 Å². The maximum absolute atomic E-state index is 12.2. The van der Waals surface area contributed by atoms with Crippen LogP contribution < -0.4 is 10.2 Å². The summed E-state index contributed by atoms with van der Waals surface area (Å²) in [4.78, 5) is 35.8. The van der Waals surface area contributed by atoms with Crippen LogP contribution in [0.1, 0.15) is 21.5 Å². The molecule has 3 rings (SSSR count). The largest absolute Gasteiger partial charge is 0.478 e. The minimum Gasteiger partial charge on any atom is -0.478 e. The number of nitrogens with one attached hydrogen (secondary N) is 1. The lowest BCUT2D eigenvalue weighted by Crippen LogP contribution is -2.50. The highest BCUT2D eigenvalue weighted by Gasteiger charge is 2.19. The first kappa shape index (κ1) is 25.1. The van der Waals surface area contributed by atoms with Crippen LogP contribution in [0.25, 0.3) is 0 Å². The van der Waals surface area contributed by atoms with Crippen molar-refractivity contribution < 1.29 is 24.6 Å². The minimum atomic E-state index is -1.26. The van der Waals surface area contributed by atoms with Gasteiger partial charge in [0.05, 0.1) is 17.9 Å². The number of hydrogen-bond donors (Lipinski definition) is 3. The molecule has 1 heterocycles. The van der Waals surface area contributed by atoms with Crippen molar-refractivity contribution in [1.29, 1.82) is 5.26 Å². The summed E-state index contributed by atoms with van der Waals surface area (Å²) in [6.45, 7) is 5.93. The predicted octanol–water partition coefficient (Wildman–Crippen LogP) is 2.09. The van der Waals surface area contributed by atoms with Gasteiger partial charge < -0.3 is 20.4 Å². The zero-order chi connectivity index (χ0) is 24.2. The van der Waals surface area contributed by atoms with Gasteiger partial charge in [-0.2, -0.15) is 5.26 Å². The van der Waals surface area contributed by atoms with Gasteiger partial charge in [-0.1, -0.05) is 29.8 Å². The molecule has 0 aliphatic carbocycles. The average Bonchev–Trinajstić information content (AvgIpc) is 2.82. The number of aliphatic carboxylic acids is 2. The molecule has 2 aromatic rings. The van der Waals surface area contributed by atoms with E-state index in [1.54, 1.807) is 0 Å². The number of carbonyl (C=O) groups excluding carboxylic acids is 1. The molecule has 33 heavy (non-hydrogen) atoms. The second kappa shape index (κ2) is 12.6. The van der Waals surface area contributed by atoms with Crippen molar-refractivity contribution in [2.24, 2.45) is 0 Å². The van der Waals surface area contributed by atoms with Gasteiger partial charge in [-0.3, -0.25) is 9.69 Å². The first-order chi connectivity index (χ1) is 15.8. The molecule has 0 atom stereocenters. The highest BCUT2D eigenvalue weighted by Crippen LogP contribution is 2.20. The molecule has 172 valence electrons. The number of amides is 1. The zero-order valence-corrected chi connectivity index (χ0v) is 18.3. The fourth-order valence-electron chi connectivity index (χ4n) is 3.21. The highest BCUT2D eigenvalue weighted by molar-refractivity contribution is 5.94. The van der Waals surface area contributed by atoms with Gasteiger partial charge in [0.1, 0.15) is 6.07 Å². The summed E-state index contributed by atoms with van der Waals surface area (Å²) in [5.74, 6) is -2.55. The lowest BCUT2D eigenvalue weighted by molar-refractivity contribution is -0.134. The van der Waals surface area contributed by atoms with Crippen LogP contribution in [0, 0.1) is 18.3 Å². The second-order valence-electron chi connectivity index (χ2n) is 7.28. The highest BCUT2D eigenvalue weighted by atomic mass is 16.4. The molecule has 0 bridgehead atoms. The first-order valence-corrected chi connectivity index (χ1v) is 10.3. The summed E-state index contributed by atoms with van der Waals surface area (Å²) < 4.78 is 0. The molecule has 0 spiro atoms. The fourth-order valence-corrected chi connectivity index (χ4v) is 3.21. The molecule has 1 aliphatic rings. The Bertz CT molecular complexity index is 1040. The van der Waals surface area contributed by atoms with Crippen molar-refractivity contribution in [3.05, 3.63) is 77.4 Å². The number of nitrogens with zero attached hydrogens (tertiary/aromatic N) is 3. The summed E-state index contributed by atoms with van der Waals surface area (Å²) in [6, 6.07) is 17.6. The number of para-hydroxylation sites is 1. The van der Waals surface area contributed by atoms with E-state index in [0.29, 0.717) is 29.9 Å². The van der Waals surface area contributed by atoms with E-state index >= 15 is 0 Å². The van der Waals surface area contributed by atoms with E-state index in [-0.39, 0.29) is 5.91 Å². The van der Waals surface area contributed by atoms with E-state index in [9.17, 15) is 19.6 Å². The number of anilines is 1. The van der Waals surface area contributed by atoms with E-state index in [0.717, 1.165) is 37.4 Å². The number of aryl methyl sites for hydroxylation is 1. The molecule has 1 amide bonds. The summed E-state index contributed by atoms with van der Waals surface area (Å²) in [5.41, 5.74) is 3.48. The zero-order valence-electron chi connectivity index (χ0n) is 18.3. The molecular weight excluding hydrogens is 424 g/mol. The van der Waals surface area contributed by atoms with Crippen LogP contribution in [-0.4, -0.2) is 65.8 Å². The Labute approximate surface area is 192 Å². The number of piperazine rings is 1. The van der Waals surface area contributed by atoms with Crippen molar-refractivity contribution >= 4 is 23.5 Å². The molecule has 0 unspecified atom stereocenters. The molecule has 0 saturated carbocycles. The van der Waals surface area contributed by atoms with Crippen LogP contribution in [0.5, 0.6) is 0 Å². The SMILES string of the molecule is Cc1cccc(C(=O)NCN2CCN(c3ccccc3C#N)CC2)c1.O=C(O)/C=C/C(=O)O. The third-order valence-corrected chi connectivity index (χ3v) is 4.85. The smallest absolute Gasteiger partial charge is 0.328 e. The van der Waals surface area contributed by atoms with Crippen molar-refractivity contribution in [3.63, 3.8) is 0 Å². The Balaban J connectivity index is 0.000000414. The van der Waals surface area contributed by atoms with Crippen LogP contribution in [0.15, 0.2) is 60.7 Å². The van der Waals surface area contributed by atoms with Crippen LogP contribution in [-0.2, 0) is 9.59 Å². The lowest BCUT2D eigenvalue weighted by Gasteiger charge is -2.36. The Morgan fingerprint density at radius 3 is 2.21 bits per heavy atom. The second-order valence-corrected chi connectivity index (χ2v) is 7.28. The van der Waals surface area contributed by atoms with E-state index in [1.807, 2.05) is 55.5 Å². The topological polar surface area (TPSA) is 134 Å². The predicted molar refractivity (Wildman–Crippen MR) is 123 cm³/mol. The number of carboxylic acid groups (broad SMARTS) is 2. The summed E-state index contributed by atoms with van der Waals surface area (Å²) in [6.07, 6.45) is 1.12. The monoisotopic (exact) mass is 450 g/mol. The average molecular weight is 450 g/mol. The molecule has 0 aromatic heterocycles. The van der Waals surface area contributed by atoms with Crippen LogP contribution in [0.4, 0.5) is 5.69 Å². The third-order valence-electron chi connectivity index (χ3n) is 4.85. The molecule has 1 fully saturated rings. The van der Waals surface area contributed by atoms with Crippen molar-refractivity contribution in [3.8, 4) is 6.07 Å². The number of hydrogen-bond acceptors (Lipinski definition) is 6. The van der Waals surface area contributed by atoms with Crippen molar-refractivity contribution in [1.82, 2.24) is 10.2 Å². The Morgan fingerprint density at radius 1 is 1.00 bits per heavy atom. The first-order valence-electron chi connectivity index (χ1n) is 10.3. The summed E-state index contributed by atoms with van der Waals surface area (Å²) in [5, 5.41) is 27.9. The maximum atomic E-state index is 12.2.